The number of hydrogen-bond donors (Lipinski definition) is 0. The van der Waals surface area contributed by atoms with E-state index in [-0.39, 0.29) is 42.7 Å². The molecule has 4 aromatic carbocycles. The van der Waals surface area contributed by atoms with Gasteiger partial charge < -0.3 is 33.2 Å². The monoisotopic (exact) mass is 722 g/mol. The van der Waals surface area contributed by atoms with Crippen molar-refractivity contribution in [3.8, 4) is 0 Å². The van der Waals surface area contributed by atoms with Crippen LogP contribution in [0, 0.1) is 0 Å². The first kappa shape index (κ1) is 38.1. The van der Waals surface area contributed by atoms with E-state index in [1.54, 1.807) is 66.7 Å². The van der Waals surface area contributed by atoms with E-state index in [1.807, 2.05) is 18.2 Å². The summed E-state index contributed by atoms with van der Waals surface area (Å²) in [6, 6.07) is 33.2. The van der Waals surface area contributed by atoms with Crippen LogP contribution >= 0.6 is 0 Å². The van der Waals surface area contributed by atoms with Gasteiger partial charge in [-0.3, -0.25) is 9.59 Å². The van der Waals surface area contributed by atoms with Crippen LogP contribution in [0.15, 0.2) is 134 Å². The van der Waals surface area contributed by atoms with Gasteiger partial charge in [-0.2, -0.15) is 0 Å². The van der Waals surface area contributed by atoms with Crippen LogP contribution in [0.1, 0.15) is 49.5 Å². The zero-order chi connectivity index (χ0) is 37.4. The van der Waals surface area contributed by atoms with Gasteiger partial charge in [0.1, 0.15) is 19.3 Å². The van der Waals surface area contributed by atoms with Gasteiger partial charge in [-0.05, 0) is 42.0 Å². The summed E-state index contributed by atoms with van der Waals surface area (Å²) in [6.45, 7) is 3.09. The summed E-state index contributed by atoms with van der Waals surface area (Å²) in [4.78, 5) is 65.7. The highest BCUT2D eigenvalue weighted by Gasteiger charge is 2.53. The molecular weight excluding hydrogens is 684 g/mol. The number of esters is 5. The van der Waals surface area contributed by atoms with E-state index in [4.69, 9.17) is 33.2 Å². The minimum absolute atomic E-state index is 0.0459. The molecule has 5 atom stereocenters. The summed E-state index contributed by atoms with van der Waals surface area (Å²) >= 11 is 0. The van der Waals surface area contributed by atoms with Crippen LogP contribution in [-0.4, -0.2) is 73.8 Å². The van der Waals surface area contributed by atoms with Crippen molar-refractivity contribution in [2.24, 2.45) is 0 Å². The first-order valence-corrected chi connectivity index (χ1v) is 16.8. The molecule has 0 saturated carbocycles. The topological polar surface area (TPSA) is 150 Å². The Morgan fingerprint density at radius 2 is 1.00 bits per heavy atom. The Morgan fingerprint density at radius 1 is 0.566 bits per heavy atom. The van der Waals surface area contributed by atoms with Crippen molar-refractivity contribution in [3.63, 3.8) is 0 Å². The molecule has 0 N–H and O–H groups in total. The molecule has 0 aliphatic carbocycles. The molecule has 53 heavy (non-hydrogen) atoms. The third-order valence-electron chi connectivity index (χ3n) is 7.91. The number of hydrogen-bond acceptors (Lipinski definition) is 12. The van der Waals surface area contributed by atoms with E-state index in [9.17, 15) is 24.0 Å². The predicted molar refractivity (Wildman–Crippen MR) is 188 cm³/mol. The summed E-state index contributed by atoms with van der Waals surface area (Å²) in [6.07, 6.45) is -6.42. The van der Waals surface area contributed by atoms with Crippen molar-refractivity contribution < 1.29 is 57.1 Å². The average molecular weight is 723 g/mol. The maximum absolute atomic E-state index is 13.6. The molecule has 0 unspecified atom stereocenters. The molecule has 0 amide bonds. The first-order chi connectivity index (χ1) is 25.8. The van der Waals surface area contributed by atoms with Gasteiger partial charge >= 0.3 is 29.8 Å². The lowest BCUT2D eigenvalue weighted by Gasteiger charge is -2.44. The molecule has 12 nitrogen and oxygen atoms in total. The molecule has 4 aromatic rings. The number of carbonyl (C=O) groups is 5. The zero-order valence-corrected chi connectivity index (χ0v) is 28.7. The Kier molecular flexibility index (Phi) is 14.0. The summed E-state index contributed by atoms with van der Waals surface area (Å²) in [7, 11) is 0. The summed E-state index contributed by atoms with van der Waals surface area (Å²) < 4.78 is 40.6. The highest BCUT2D eigenvalue weighted by Crippen LogP contribution is 2.31. The normalized spacial score (nSPS) is 19.2. The van der Waals surface area contributed by atoms with E-state index in [0.717, 1.165) is 5.56 Å². The van der Waals surface area contributed by atoms with Crippen LogP contribution in [-0.2, 0) is 49.4 Å². The molecule has 12 heteroatoms. The van der Waals surface area contributed by atoms with Gasteiger partial charge in [-0.1, -0.05) is 91.0 Å². The second-order valence-electron chi connectivity index (χ2n) is 11.7. The largest absolute Gasteiger partial charge is 0.463 e. The van der Waals surface area contributed by atoms with Gasteiger partial charge in [-0.15, -0.1) is 6.58 Å². The van der Waals surface area contributed by atoms with Crippen molar-refractivity contribution in [1.82, 2.24) is 0 Å². The predicted octanol–water partition coefficient (Wildman–Crippen LogP) is 5.66. The molecule has 1 aliphatic rings. The molecule has 274 valence electrons. The van der Waals surface area contributed by atoms with Gasteiger partial charge in [0.25, 0.3) is 0 Å². The van der Waals surface area contributed by atoms with Crippen LogP contribution in [0.4, 0.5) is 0 Å². The standard InChI is InChI=1S/C41H38O12/c1-2-25-47-41-37(53-40(46)31-21-13-6-14-22-31)36(52-39(45)30-19-11-5-12-20-30)35(51-38(44)29-17-9-4-10-18-29)32(50-41)27-49-34(43)24-23-33(42)48-26-28-15-7-3-8-16-28/h2-22,32,35-37,41H,1,23-27H2/t32-,35-,36+,37-,41+/m1/s1. The molecule has 0 aromatic heterocycles. The van der Waals surface area contributed by atoms with Crippen molar-refractivity contribution in [1.29, 1.82) is 0 Å². The third-order valence-corrected chi connectivity index (χ3v) is 7.91. The number of ether oxygens (including phenoxy) is 7. The van der Waals surface area contributed by atoms with Crippen LogP contribution in [0.2, 0.25) is 0 Å². The van der Waals surface area contributed by atoms with Crippen molar-refractivity contribution >= 4 is 29.8 Å². The molecule has 5 rings (SSSR count). The summed E-state index contributed by atoms with van der Waals surface area (Å²) in [5, 5.41) is 0. The Labute approximate surface area is 306 Å². The number of rotatable bonds is 16. The second kappa shape index (κ2) is 19.5. The van der Waals surface area contributed by atoms with E-state index in [1.165, 1.54) is 42.5 Å². The minimum atomic E-state index is -1.54. The Balaban J connectivity index is 1.40. The highest BCUT2D eigenvalue weighted by molar-refractivity contribution is 5.91. The lowest BCUT2D eigenvalue weighted by molar-refractivity contribution is -0.296. The number of benzene rings is 4. The Hall–Kier alpha value is -6.11. The first-order valence-electron chi connectivity index (χ1n) is 16.8. The Morgan fingerprint density at radius 3 is 1.49 bits per heavy atom. The molecule has 0 spiro atoms. The fourth-order valence-corrected chi connectivity index (χ4v) is 5.27. The van der Waals surface area contributed by atoms with Crippen molar-refractivity contribution in [2.75, 3.05) is 13.2 Å². The van der Waals surface area contributed by atoms with Crippen LogP contribution in [0.25, 0.3) is 0 Å². The second-order valence-corrected chi connectivity index (χ2v) is 11.7. The van der Waals surface area contributed by atoms with Gasteiger partial charge in [0.2, 0.25) is 0 Å². The fraction of sp³-hybridized carbons (Fsp3) is 0.244. The molecule has 0 bridgehead atoms. The van der Waals surface area contributed by atoms with E-state index in [2.05, 4.69) is 6.58 Å². The van der Waals surface area contributed by atoms with E-state index >= 15 is 0 Å². The highest BCUT2D eigenvalue weighted by atomic mass is 16.7. The van der Waals surface area contributed by atoms with Crippen LogP contribution in [0.5, 0.6) is 0 Å². The lowest BCUT2D eigenvalue weighted by Crippen LogP contribution is -2.63. The molecule has 1 saturated heterocycles. The Bertz CT molecular complexity index is 1820. The van der Waals surface area contributed by atoms with E-state index in [0.29, 0.717) is 0 Å². The smallest absolute Gasteiger partial charge is 0.338 e. The fourth-order valence-electron chi connectivity index (χ4n) is 5.27. The van der Waals surface area contributed by atoms with Gasteiger partial charge in [0, 0.05) is 0 Å². The molecule has 1 heterocycles. The van der Waals surface area contributed by atoms with Gasteiger partial charge in [0.05, 0.1) is 36.1 Å². The van der Waals surface area contributed by atoms with E-state index < -0.39 is 67.2 Å². The maximum atomic E-state index is 13.6. The SMILES string of the molecule is C=CCO[C@H]1O[C@H](COC(=O)CCC(=O)OCc2ccccc2)[C@@H](OC(=O)c2ccccc2)[C@H](OC(=O)c2ccccc2)[C@H]1OC(=O)c1ccccc1. The van der Waals surface area contributed by atoms with Crippen molar-refractivity contribution in [2.45, 2.75) is 50.2 Å². The summed E-state index contributed by atoms with van der Waals surface area (Å²) in [5.41, 5.74) is 1.29. The van der Waals surface area contributed by atoms with Crippen LogP contribution in [0.3, 0.4) is 0 Å². The van der Waals surface area contributed by atoms with Gasteiger partial charge in [-0.25, -0.2) is 14.4 Å². The van der Waals surface area contributed by atoms with Crippen molar-refractivity contribution in [3.05, 3.63) is 156 Å². The number of carbonyl (C=O) groups excluding carboxylic acids is 5. The molecule has 1 aliphatic heterocycles. The molecular formula is C41H38O12. The zero-order valence-electron chi connectivity index (χ0n) is 28.7. The minimum Gasteiger partial charge on any atom is -0.463 e. The molecule has 0 radical (unpaired) electrons. The maximum Gasteiger partial charge on any atom is 0.338 e. The van der Waals surface area contributed by atoms with Crippen LogP contribution < -0.4 is 0 Å². The third kappa shape index (κ3) is 11.2. The van der Waals surface area contributed by atoms with Gasteiger partial charge in [0.15, 0.2) is 24.6 Å². The lowest BCUT2D eigenvalue weighted by atomic mass is 9.97. The summed E-state index contributed by atoms with van der Waals surface area (Å²) in [5.74, 6) is -3.84. The quantitative estimate of drug-likeness (QED) is 0.0798. The average Bonchev–Trinajstić information content (AvgIpc) is 3.20. The molecule has 1 fully saturated rings.